The Hall–Kier alpha value is -2.62. The summed E-state index contributed by atoms with van der Waals surface area (Å²) in [6, 6.07) is 13.7. The number of Topliss-reactive ketones (excluding diaryl/α,β-unsaturated/α-hetero) is 2. The summed E-state index contributed by atoms with van der Waals surface area (Å²) in [7, 11) is 0. The highest BCUT2D eigenvalue weighted by atomic mass is 16.5. The molecule has 4 heteroatoms. The SMILES string of the molecule is CCCCCCC(C)Oc1ccc(C(=O)C(=O)c2ccc(OC(C)CCCCCC)cc2)cc1. The largest absolute Gasteiger partial charge is 0.491 e. The number of hydrogen-bond donors (Lipinski definition) is 0. The smallest absolute Gasteiger partial charge is 0.233 e. The fourth-order valence-electron chi connectivity index (χ4n) is 3.93. The number of carbonyl (C=O) groups excluding carboxylic acids is 2. The molecule has 0 aliphatic carbocycles. The molecule has 4 nitrogen and oxygen atoms in total. The van der Waals surface area contributed by atoms with Gasteiger partial charge in [0, 0.05) is 11.1 Å². The van der Waals surface area contributed by atoms with Crippen molar-refractivity contribution in [2.45, 2.75) is 104 Å². The molecule has 0 amide bonds. The van der Waals surface area contributed by atoms with Gasteiger partial charge < -0.3 is 9.47 Å². The summed E-state index contributed by atoms with van der Waals surface area (Å²) in [5.41, 5.74) is 0.739. The number of rotatable bonds is 17. The molecular formula is C30H42O4. The Balaban J connectivity index is 1.85. The van der Waals surface area contributed by atoms with E-state index in [4.69, 9.17) is 9.47 Å². The number of ketones is 2. The molecule has 0 heterocycles. The molecule has 0 fully saturated rings. The predicted octanol–water partition coefficient (Wildman–Crippen LogP) is 8.23. The molecule has 0 aliphatic rings. The van der Waals surface area contributed by atoms with Crippen LogP contribution in [-0.2, 0) is 0 Å². The number of ether oxygens (including phenoxy) is 2. The Morgan fingerprint density at radius 3 is 1.26 bits per heavy atom. The van der Waals surface area contributed by atoms with E-state index < -0.39 is 11.6 Å². The maximum Gasteiger partial charge on any atom is 0.233 e. The molecule has 34 heavy (non-hydrogen) atoms. The maximum atomic E-state index is 12.7. The van der Waals surface area contributed by atoms with Gasteiger partial charge >= 0.3 is 0 Å². The van der Waals surface area contributed by atoms with E-state index in [0.717, 1.165) is 37.2 Å². The predicted molar refractivity (Wildman–Crippen MR) is 139 cm³/mol. The third kappa shape index (κ3) is 9.70. The molecule has 2 atom stereocenters. The molecule has 0 radical (unpaired) electrons. The number of unbranched alkanes of at least 4 members (excludes halogenated alkanes) is 6. The second-order valence-corrected chi connectivity index (χ2v) is 9.26. The van der Waals surface area contributed by atoms with E-state index in [1.165, 1.54) is 38.5 Å². The van der Waals surface area contributed by atoms with Crippen LogP contribution in [-0.4, -0.2) is 23.8 Å². The molecule has 0 saturated heterocycles. The van der Waals surface area contributed by atoms with Crippen LogP contribution in [0.4, 0.5) is 0 Å². The summed E-state index contributed by atoms with van der Waals surface area (Å²) < 4.78 is 11.9. The fraction of sp³-hybridized carbons (Fsp3) is 0.533. The van der Waals surface area contributed by atoms with Crippen LogP contribution in [0.15, 0.2) is 48.5 Å². The van der Waals surface area contributed by atoms with Gasteiger partial charge in [0.1, 0.15) is 11.5 Å². The fourth-order valence-corrected chi connectivity index (χ4v) is 3.93. The first-order valence-electron chi connectivity index (χ1n) is 13.1. The van der Waals surface area contributed by atoms with Crippen LogP contribution < -0.4 is 9.47 Å². The summed E-state index contributed by atoms with van der Waals surface area (Å²) in [5.74, 6) is 0.406. The average molecular weight is 467 g/mol. The van der Waals surface area contributed by atoms with Crippen LogP contribution in [0.2, 0.25) is 0 Å². The summed E-state index contributed by atoms with van der Waals surface area (Å²) >= 11 is 0. The Morgan fingerprint density at radius 2 is 0.941 bits per heavy atom. The average Bonchev–Trinajstić information content (AvgIpc) is 2.84. The molecule has 0 bridgehead atoms. The normalized spacial score (nSPS) is 12.7. The van der Waals surface area contributed by atoms with Gasteiger partial charge in [0.15, 0.2) is 0 Å². The van der Waals surface area contributed by atoms with E-state index in [1.807, 2.05) is 0 Å². The van der Waals surface area contributed by atoms with Gasteiger partial charge in [-0.05, 0) is 88.1 Å². The first-order valence-corrected chi connectivity index (χ1v) is 13.1. The molecule has 2 unspecified atom stereocenters. The van der Waals surface area contributed by atoms with Crippen LogP contribution >= 0.6 is 0 Å². The first-order chi connectivity index (χ1) is 16.4. The van der Waals surface area contributed by atoms with Gasteiger partial charge in [-0.1, -0.05) is 52.4 Å². The van der Waals surface area contributed by atoms with Crippen LogP contribution in [0.25, 0.3) is 0 Å². The van der Waals surface area contributed by atoms with Crippen molar-refractivity contribution >= 4 is 11.6 Å². The second-order valence-electron chi connectivity index (χ2n) is 9.26. The molecule has 2 aromatic carbocycles. The summed E-state index contributed by atoms with van der Waals surface area (Å²) in [4.78, 5) is 25.4. The molecule has 0 aliphatic heterocycles. The van der Waals surface area contributed by atoms with E-state index in [2.05, 4.69) is 27.7 Å². The minimum absolute atomic E-state index is 0.125. The van der Waals surface area contributed by atoms with E-state index in [9.17, 15) is 9.59 Å². The van der Waals surface area contributed by atoms with Gasteiger partial charge in [0.05, 0.1) is 12.2 Å². The van der Waals surface area contributed by atoms with E-state index in [1.54, 1.807) is 48.5 Å². The maximum absolute atomic E-state index is 12.7. The van der Waals surface area contributed by atoms with Crippen LogP contribution in [0.3, 0.4) is 0 Å². The molecule has 0 spiro atoms. The number of benzene rings is 2. The molecule has 186 valence electrons. The quantitative estimate of drug-likeness (QED) is 0.134. The van der Waals surface area contributed by atoms with E-state index in [0.29, 0.717) is 11.1 Å². The number of hydrogen-bond acceptors (Lipinski definition) is 4. The second kappa shape index (κ2) is 15.3. The van der Waals surface area contributed by atoms with Gasteiger partial charge in [-0.3, -0.25) is 9.59 Å². The Labute approximate surface area is 206 Å². The molecule has 0 N–H and O–H groups in total. The van der Waals surface area contributed by atoms with Gasteiger partial charge in [-0.25, -0.2) is 0 Å². The summed E-state index contributed by atoms with van der Waals surface area (Å²) in [6.45, 7) is 8.54. The highest BCUT2D eigenvalue weighted by molar-refractivity contribution is 6.49. The lowest BCUT2D eigenvalue weighted by molar-refractivity contribution is 0.0817. The molecular weight excluding hydrogens is 424 g/mol. The third-order valence-corrected chi connectivity index (χ3v) is 6.04. The highest BCUT2D eigenvalue weighted by Crippen LogP contribution is 2.20. The van der Waals surface area contributed by atoms with Gasteiger partial charge in [0.2, 0.25) is 11.6 Å². The lowest BCUT2D eigenvalue weighted by atomic mass is 10.0. The lowest BCUT2D eigenvalue weighted by Gasteiger charge is -2.15. The number of carbonyl (C=O) groups is 2. The lowest BCUT2D eigenvalue weighted by Crippen LogP contribution is -2.15. The van der Waals surface area contributed by atoms with Gasteiger partial charge in [-0.2, -0.15) is 0 Å². The minimum Gasteiger partial charge on any atom is -0.491 e. The van der Waals surface area contributed by atoms with Crippen molar-refractivity contribution in [1.82, 2.24) is 0 Å². The van der Waals surface area contributed by atoms with Crippen LogP contribution in [0.1, 0.15) is 113 Å². The van der Waals surface area contributed by atoms with Crippen molar-refractivity contribution in [3.05, 3.63) is 59.7 Å². The van der Waals surface area contributed by atoms with Gasteiger partial charge in [-0.15, -0.1) is 0 Å². The highest BCUT2D eigenvalue weighted by Gasteiger charge is 2.19. The molecule has 2 aromatic rings. The zero-order valence-corrected chi connectivity index (χ0v) is 21.5. The molecule has 0 aromatic heterocycles. The first kappa shape index (κ1) is 27.6. The Bertz CT molecular complexity index is 781. The Kier molecular flexibility index (Phi) is 12.4. The third-order valence-electron chi connectivity index (χ3n) is 6.04. The van der Waals surface area contributed by atoms with Crippen molar-refractivity contribution in [3.63, 3.8) is 0 Å². The van der Waals surface area contributed by atoms with Crippen molar-refractivity contribution in [2.24, 2.45) is 0 Å². The Morgan fingerprint density at radius 1 is 0.588 bits per heavy atom. The zero-order chi connectivity index (χ0) is 24.8. The molecule has 2 rings (SSSR count). The van der Waals surface area contributed by atoms with Crippen molar-refractivity contribution < 1.29 is 19.1 Å². The van der Waals surface area contributed by atoms with Gasteiger partial charge in [0.25, 0.3) is 0 Å². The minimum atomic E-state index is -0.517. The monoisotopic (exact) mass is 466 g/mol. The van der Waals surface area contributed by atoms with Crippen LogP contribution in [0, 0.1) is 0 Å². The van der Waals surface area contributed by atoms with E-state index in [-0.39, 0.29) is 12.2 Å². The standard InChI is InChI=1S/C30H42O4/c1-5-7-9-11-13-23(3)33-27-19-15-25(16-20-27)29(31)30(32)26-17-21-28(22-18-26)34-24(4)14-12-10-8-6-2/h15-24H,5-14H2,1-4H3. The summed E-state index contributed by atoms with van der Waals surface area (Å²) in [6.07, 6.45) is 12.0. The van der Waals surface area contributed by atoms with Crippen LogP contribution in [0.5, 0.6) is 11.5 Å². The van der Waals surface area contributed by atoms with Crippen molar-refractivity contribution in [1.29, 1.82) is 0 Å². The topological polar surface area (TPSA) is 52.6 Å². The van der Waals surface area contributed by atoms with Crippen molar-refractivity contribution in [3.8, 4) is 11.5 Å². The molecule has 0 saturated carbocycles. The summed E-state index contributed by atoms with van der Waals surface area (Å²) in [5, 5.41) is 0. The van der Waals surface area contributed by atoms with Crippen molar-refractivity contribution in [2.75, 3.05) is 0 Å². The zero-order valence-electron chi connectivity index (χ0n) is 21.5. The van der Waals surface area contributed by atoms with E-state index >= 15 is 0 Å².